The highest BCUT2D eigenvalue weighted by molar-refractivity contribution is 7.87. The standard InChI is InChI=1S/C27H31NO8S/c1-16(29)35-26-11-10-23-21-9-4-17-14-25(24(34-3)15-22(17)20(21)12-13-27(23,26)2)36-37(32,33)19-7-5-18(6-8-19)28(30)31/h5-8,14-15,20-21,23,26H,4,9-13H2,1-3H3. The zero-order valence-electron chi connectivity index (χ0n) is 21.1. The highest BCUT2D eigenvalue weighted by Crippen LogP contribution is 2.62. The molecule has 0 N–H and O–H groups in total. The van der Waals surface area contributed by atoms with Crippen molar-refractivity contribution in [3.8, 4) is 11.5 Å². The van der Waals surface area contributed by atoms with Crippen molar-refractivity contribution in [1.29, 1.82) is 0 Å². The molecule has 10 heteroatoms. The Morgan fingerprint density at radius 3 is 2.46 bits per heavy atom. The van der Waals surface area contributed by atoms with Crippen LogP contribution in [0, 0.1) is 27.4 Å². The average Bonchev–Trinajstić information content (AvgIpc) is 3.18. The predicted octanol–water partition coefficient (Wildman–Crippen LogP) is 5.16. The molecule has 37 heavy (non-hydrogen) atoms. The van der Waals surface area contributed by atoms with Gasteiger partial charge in [-0.05, 0) is 91.7 Å². The van der Waals surface area contributed by atoms with Gasteiger partial charge in [-0.1, -0.05) is 6.92 Å². The van der Waals surface area contributed by atoms with Crippen LogP contribution in [-0.4, -0.2) is 32.5 Å². The van der Waals surface area contributed by atoms with E-state index in [1.165, 1.54) is 19.6 Å². The monoisotopic (exact) mass is 529 g/mol. The number of benzene rings is 2. The highest BCUT2D eigenvalue weighted by atomic mass is 32.2. The van der Waals surface area contributed by atoms with Crippen molar-refractivity contribution in [2.75, 3.05) is 7.11 Å². The molecule has 0 aromatic heterocycles. The molecule has 0 saturated heterocycles. The Morgan fingerprint density at radius 1 is 1.08 bits per heavy atom. The molecule has 2 fully saturated rings. The number of nitro groups is 1. The molecule has 3 aliphatic rings. The minimum absolute atomic E-state index is 0.0175. The van der Waals surface area contributed by atoms with E-state index in [1.807, 2.05) is 6.07 Å². The van der Waals surface area contributed by atoms with Crippen LogP contribution in [0.5, 0.6) is 11.5 Å². The Balaban J connectivity index is 1.41. The van der Waals surface area contributed by atoms with E-state index in [0.29, 0.717) is 23.5 Å². The van der Waals surface area contributed by atoms with Crippen molar-refractivity contribution < 1.29 is 31.8 Å². The van der Waals surface area contributed by atoms with E-state index < -0.39 is 15.0 Å². The Labute approximate surface area is 216 Å². The van der Waals surface area contributed by atoms with Gasteiger partial charge in [-0.15, -0.1) is 0 Å². The lowest BCUT2D eigenvalue weighted by atomic mass is 9.55. The zero-order valence-corrected chi connectivity index (χ0v) is 22.0. The van der Waals surface area contributed by atoms with Crippen LogP contribution in [0.25, 0.3) is 0 Å². The Kier molecular flexibility index (Phi) is 6.42. The van der Waals surface area contributed by atoms with Crippen LogP contribution in [0.3, 0.4) is 0 Å². The van der Waals surface area contributed by atoms with Crippen molar-refractivity contribution in [1.82, 2.24) is 0 Å². The molecule has 9 nitrogen and oxygen atoms in total. The topological polar surface area (TPSA) is 122 Å². The van der Waals surface area contributed by atoms with Crippen LogP contribution in [-0.2, 0) is 26.1 Å². The van der Waals surface area contributed by atoms with Gasteiger partial charge in [-0.2, -0.15) is 8.42 Å². The lowest BCUT2D eigenvalue weighted by Crippen LogP contribution is -2.45. The van der Waals surface area contributed by atoms with Gasteiger partial charge in [-0.3, -0.25) is 14.9 Å². The third kappa shape index (κ3) is 4.45. The first-order chi connectivity index (χ1) is 17.5. The van der Waals surface area contributed by atoms with Gasteiger partial charge in [0.1, 0.15) is 11.0 Å². The molecule has 0 radical (unpaired) electrons. The molecule has 5 rings (SSSR count). The summed E-state index contributed by atoms with van der Waals surface area (Å²) in [5.74, 6) is 1.48. The molecule has 2 aromatic rings. The fraction of sp³-hybridized carbons (Fsp3) is 0.519. The number of ether oxygens (including phenoxy) is 2. The second-order valence-corrected chi connectivity index (χ2v) is 12.2. The third-order valence-corrected chi connectivity index (χ3v) is 10.0. The summed E-state index contributed by atoms with van der Waals surface area (Å²) in [5.41, 5.74) is 2.00. The molecule has 3 aliphatic carbocycles. The van der Waals surface area contributed by atoms with E-state index in [-0.39, 0.29) is 33.8 Å². The van der Waals surface area contributed by atoms with Crippen molar-refractivity contribution in [3.63, 3.8) is 0 Å². The fourth-order valence-corrected chi connectivity index (χ4v) is 7.98. The van der Waals surface area contributed by atoms with E-state index in [1.54, 1.807) is 6.07 Å². The summed E-state index contributed by atoms with van der Waals surface area (Å²) in [7, 11) is -2.74. The van der Waals surface area contributed by atoms with Crippen molar-refractivity contribution >= 4 is 21.8 Å². The van der Waals surface area contributed by atoms with Gasteiger partial charge in [0.05, 0.1) is 12.0 Å². The van der Waals surface area contributed by atoms with Gasteiger partial charge in [-0.25, -0.2) is 0 Å². The van der Waals surface area contributed by atoms with Gasteiger partial charge in [0, 0.05) is 24.5 Å². The molecule has 0 aliphatic heterocycles. The van der Waals surface area contributed by atoms with Crippen LogP contribution in [0.15, 0.2) is 41.3 Å². The quantitative estimate of drug-likeness (QED) is 0.218. The number of rotatable bonds is 6. The highest BCUT2D eigenvalue weighted by Gasteiger charge is 2.56. The number of esters is 1. The minimum Gasteiger partial charge on any atom is -0.493 e. The van der Waals surface area contributed by atoms with E-state index in [4.69, 9.17) is 13.7 Å². The number of carbonyl (C=O) groups is 1. The van der Waals surface area contributed by atoms with Crippen LogP contribution in [0.2, 0.25) is 0 Å². The van der Waals surface area contributed by atoms with Gasteiger partial charge >= 0.3 is 16.1 Å². The summed E-state index contributed by atoms with van der Waals surface area (Å²) in [5, 5.41) is 10.9. The van der Waals surface area contributed by atoms with E-state index >= 15 is 0 Å². The lowest BCUT2D eigenvalue weighted by Gasteiger charge is -2.50. The van der Waals surface area contributed by atoms with Crippen molar-refractivity contribution in [3.05, 3.63) is 57.6 Å². The summed E-state index contributed by atoms with van der Waals surface area (Å²) in [4.78, 5) is 21.8. The summed E-state index contributed by atoms with van der Waals surface area (Å²) in [6.45, 7) is 3.75. The number of methoxy groups -OCH3 is 1. The van der Waals surface area contributed by atoms with E-state index in [2.05, 4.69) is 6.92 Å². The molecule has 0 heterocycles. The molecule has 5 atom stereocenters. The van der Waals surface area contributed by atoms with Crippen molar-refractivity contribution in [2.45, 2.75) is 69.3 Å². The molecular formula is C27H31NO8S. The number of fused-ring (bicyclic) bond motifs is 5. The molecule has 0 spiro atoms. The summed E-state index contributed by atoms with van der Waals surface area (Å²) in [6, 6.07) is 8.25. The van der Waals surface area contributed by atoms with E-state index in [9.17, 15) is 23.3 Å². The fourth-order valence-electron chi connectivity index (χ4n) is 7.05. The molecular weight excluding hydrogens is 498 g/mol. The van der Waals surface area contributed by atoms with Gasteiger partial charge in [0.15, 0.2) is 11.5 Å². The molecule has 2 aromatic carbocycles. The molecule has 198 valence electrons. The normalized spacial score (nSPS) is 28.4. The molecule has 5 unspecified atom stereocenters. The Hall–Kier alpha value is -3.14. The number of nitrogens with zero attached hydrogens (tertiary/aromatic N) is 1. The number of nitro benzene ring substituents is 1. The van der Waals surface area contributed by atoms with Crippen LogP contribution < -0.4 is 8.92 Å². The maximum absolute atomic E-state index is 12.9. The van der Waals surface area contributed by atoms with Gasteiger partial charge in [0.2, 0.25) is 0 Å². The summed E-state index contributed by atoms with van der Waals surface area (Å²) >= 11 is 0. The zero-order chi connectivity index (χ0) is 26.5. The second-order valence-electron chi connectivity index (χ2n) is 10.6. The second kappa shape index (κ2) is 9.31. The molecule has 2 saturated carbocycles. The van der Waals surface area contributed by atoms with Crippen LogP contribution >= 0.6 is 0 Å². The lowest BCUT2D eigenvalue weighted by molar-refractivity contribution is -0.384. The number of non-ortho nitro benzene ring substituents is 1. The number of aryl methyl sites for hydroxylation is 1. The third-order valence-electron chi connectivity index (χ3n) is 8.77. The van der Waals surface area contributed by atoms with Gasteiger partial charge in [0.25, 0.3) is 5.69 Å². The first-order valence-corrected chi connectivity index (χ1v) is 14.0. The predicted molar refractivity (Wildman–Crippen MR) is 134 cm³/mol. The van der Waals surface area contributed by atoms with Crippen molar-refractivity contribution in [2.24, 2.45) is 17.3 Å². The Bertz CT molecular complexity index is 1340. The smallest absolute Gasteiger partial charge is 0.339 e. The number of hydrogen-bond donors (Lipinski definition) is 0. The largest absolute Gasteiger partial charge is 0.493 e. The molecule has 0 amide bonds. The van der Waals surface area contributed by atoms with E-state index in [0.717, 1.165) is 68.4 Å². The summed E-state index contributed by atoms with van der Waals surface area (Å²) < 4.78 is 42.6. The minimum atomic E-state index is -4.22. The van der Waals surface area contributed by atoms with Gasteiger partial charge < -0.3 is 13.7 Å². The Morgan fingerprint density at radius 2 is 1.81 bits per heavy atom. The molecule has 0 bridgehead atoms. The van der Waals surface area contributed by atoms with Crippen LogP contribution in [0.1, 0.15) is 63.0 Å². The maximum Gasteiger partial charge on any atom is 0.339 e. The maximum atomic E-state index is 12.9. The number of hydrogen-bond acceptors (Lipinski definition) is 8. The summed E-state index contributed by atoms with van der Waals surface area (Å²) in [6.07, 6.45) is 5.60. The first kappa shape index (κ1) is 25.5. The first-order valence-electron chi connectivity index (χ1n) is 12.6. The SMILES string of the molecule is COc1cc2c(cc1OS(=O)(=O)c1ccc([N+](=O)[O-])cc1)CCC1C2CCC2(C)C(OC(C)=O)CCC12. The van der Waals surface area contributed by atoms with Crippen LogP contribution in [0.4, 0.5) is 5.69 Å². The number of carbonyl (C=O) groups excluding carboxylic acids is 1. The average molecular weight is 530 g/mol.